The molecule has 0 bridgehead atoms. The normalized spacial score (nSPS) is 7.25. The molecule has 0 aliphatic heterocycles. The molecule has 0 N–H and O–H groups in total. The Balaban J connectivity index is 0. The van der Waals surface area contributed by atoms with Gasteiger partial charge in [-0.3, -0.25) is 0 Å². The van der Waals surface area contributed by atoms with E-state index >= 15 is 0 Å². The molecule has 0 aliphatic rings. The summed E-state index contributed by atoms with van der Waals surface area (Å²) in [7, 11) is 9.78. The monoisotopic (exact) mass is 426 g/mol. The van der Waals surface area contributed by atoms with Gasteiger partial charge in [-0.15, -0.1) is 0 Å². The molecule has 4 aromatic rings. The molecule has 0 unspecified atom stereocenters. The third-order valence-corrected chi connectivity index (χ3v) is 2.22. The van der Waals surface area contributed by atoms with Crippen LogP contribution in [-0.4, -0.2) is 0 Å². The first-order chi connectivity index (χ1) is 11.4. The Labute approximate surface area is 177 Å². The van der Waals surface area contributed by atoms with E-state index in [1.807, 2.05) is 121 Å². The van der Waals surface area contributed by atoms with E-state index in [0.717, 1.165) is 0 Å². The standard InChI is InChI=1S/4C5H5.2ClH.2Ti/c4*1-2-4-5-3-1;;;;/h4*1-5H;2*1H;;/q4*-1;;;+2;+3/p-2. The van der Waals surface area contributed by atoms with Crippen molar-refractivity contribution in [2.24, 2.45) is 0 Å². The van der Waals surface area contributed by atoms with Gasteiger partial charge in [-0.05, 0) is 0 Å². The molecule has 0 aromatic heterocycles. The SMILES string of the molecule is [Cl][Ti][Cl].[Ti+3].c1cc[cH-]c1.c1cc[cH-]c1.c1cc[cH-]c1.c1cc[cH-]c1. The molecule has 123 valence electrons. The van der Waals surface area contributed by atoms with Crippen molar-refractivity contribution in [3.8, 4) is 0 Å². The molecule has 0 aliphatic carbocycles. The average Bonchev–Trinajstić information content (AvgIpc) is 3.47. The van der Waals surface area contributed by atoms with Crippen LogP contribution in [0.5, 0.6) is 0 Å². The zero-order valence-electron chi connectivity index (χ0n) is 13.3. The quantitative estimate of drug-likeness (QED) is 0.210. The molecule has 0 saturated heterocycles. The molecule has 0 amide bonds. The van der Waals surface area contributed by atoms with E-state index in [-0.39, 0.29) is 21.7 Å². The maximum absolute atomic E-state index is 4.89. The summed E-state index contributed by atoms with van der Waals surface area (Å²) in [6, 6.07) is 40.0. The second-order valence-electron chi connectivity index (χ2n) is 3.92. The molecule has 4 rings (SSSR count). The van der Waals surface area contributed by atoms with Gasteiger partial charge < -0.3 is 0 Å². The number of hydrogen-bond donors (Lipinski definition) is 0. The summed E-state index contributed by atoms with van der Waals surface area (Å²) in [5, 5.41) is 0. The molecular weight excluding hydrogens is 407 g/mol. The van der Waals surface area contributed by atoms with Crippen molar-refractivity contribution in [3.63, 3.8) is 0 Å². The van der Waals surface area contributed by atoms with Gasteiger partial charge in [0.25, 0.3) is 0 Å². The van der Waals surface area contributed by atoms with Crippen LogP contribution in [0.4, 0.5) is 0 Å². The topological polar surface area (TPSA) is 0 Å². The largest absolute Gasteiger partial charge is 3.00 e. The third kappa shape index (κ3) is 23.7. The van der Waals surface area contributed by atoms with Gasteiger partial charge in [0.1, 0.15) is 0 Å². The van der Waals surface area contributed by atoms with E-state index in [2.05, 4.69) is 0 Å². The molecule has 4 aromatic carbocycles. The molecule has 4 heteroatoms. The fourth-order valence-corrected chi connectivity index (χ4v) is 1.28. The van der Waals surface area contributed by atoms with Gasteiger partial charge in [0.15, 0.2) is 0 Å². The van der Waals surface area contributed by atoms with E-state index in [1.54, 1.807) is 0 Å². The van der Waals surface area contributed by atoms with E-state index in [0.29, 0.717) is 0 Å². The first-order valence-corrected chi connectivity index (χ1v) is 11.3. The fraction of sp³-hybridized carbons (Fsp3) is 0. The Hall–Kier alpha value is -0.591. The minimum absolute atomic E-state index is 0. The van der Waals surface area contributed by atoms with Gasteiger partial charge in [-0.2, -0.15) is 72.8 Å². The first kappa shape index (κ1) is 25.6. The zero-order valence-corrected chi connectivity index (χ0v) is 17.9. The van der Waals surface area contributed by atoms with Gasteiger partial charge in [-0.25, -0.2) is 48.5 Å². The van der Waals surface area contributed by atoms with E-state index in [9.17, 15) is 0 Å². The first-order valence-electron chi connectivity index (χ1n) is 7.04. The van der Waals surface area contributed by atoms with Gasteiger partial charge >= 0.3 is 57.4 Å². The smallest absolute Gasteiger partial charge is 0.214 e. The van der Waals surface area contributed by atoms with Crippen molar-refractivity contribution < 1.29 is 38.7 Å². The van der Waals surface area contributed by atoms with Crippen LogP contribution in [0, 0.1) is 0 Å². The summed E-state index contributed by atoms with van der Waals surface area (Å²) < 4.78 is 0. The minimum atomic E-state index is -0.556. The van der Waals surface area contributed by atoms with Crippen molar-refractivity contribution in [3.05, 3.63) is 121 Å². The second-order valence-corrected chi connectivity index (χ2v) is 6.50. The zero-order chi connectivity index (χ0) is 16.8. The molecule has 24 heavy (non-hydrogen) atoms. The Kier molecular flexibility index (Phi) is 26.4. The minimum Gasteiger partial charge on any atom is -0.214 e. The van der Waals surface area contributed by atoms with Crippen molar-refractivity contribution in [1.29, 1.82) is 0 Å². The van der Waals surface area contributed by atoms with Crippen LogP contribution in [0.25, 0.3) is 0 Å². The molecular formula is C20H20Cl2Ti2-. The Morgan fingerprint density at radius 3 is 0.583 bits per heavy atom. The maximum atomic E-state index is 4.89. The summed E-state index contributed by atoms with van der Waals surface area (Å²) >= 11 is -0.556. The van der Waals surface area contributed by atoms with Crippen LogP contribution in [0.15, 0.2) is 121 Å². The Morgan fingerprint density at radius 2 is 0.542 bits per heavy atom. The van der Waals surface area contributed by atoms with Gasteiger partial charge in [0.05, 0.1) is 0 Å². The van der Waals surface area contributed by atoms with Crippen molar-refractivity contribution in [2.75, 3.05) is 0 Å². The summed E-state index contributed by atoms with van der Waals surface area (Å²) in [4.78, 5) is 0. The van der Waals surface area contributed by atoms with Crippen molar-refractivity contribution >= 4 is 18.6 Å². The Bertz CT molecular complexity index is 365. The Morgan fingerprint density at radius 1 is 0.417 bits per heavy atom. The van der Waals surface area contributed by atoms with Crippen LogP contribution < -0.4 is 0 Å². The van der Waals surface area contributed by atoms with Gasteiger partial charge in [0.2, 0.25) is 0 Å². The van der Waals surface area contributed by atoms with Crippen LogP contribution in [0.2, 0.25) is 0 Å². The van der Waals surface area contributed by atoms with Crippen LogP contribution in [-0.2, 0) is 38.7 Å². The summed E-state index contributed by atoms with van der Waals surface area (Å²) in [5.41, 5.74) is 0. The molecule has 0 nitrogen and oxygen atoms in total. The van der Waals surface area contributed by atoms with E-state index in [4.69, 9.17) is 18.6 Å². The molecule has 0 atom stereocenters. The predicted octanol–water partition coefficient (Wildman–Crippen LogP) is 7.00. The summed E-state index contributed by atoms with van der Waals surface area (Å²) in [5.74, 6) is 0. The van der Waals surface area contributed by atoms with Crippen molar-refractivity contribution in [1.82, 2.24) is 0 Å². The van der Waals surface area contributed by atoms with E-state index in [1.165, 1.54) is 0 Å². The maximum Gasteiger partial charge on any atom is 3.00 e. The average molecular weight is 427 g/mol. The van der Waals surface area contributed by atoms with Crippen LogP contribution >= 0.6 is 18.6 Å². The summed E-state index contributed by atoms with van der Waals surface area (Å²) in [6.45, 7) is 0. The molecule has 0 heterocycles. The second kappa shape index (κ2) is 24.7. The molecule has 0 fully saturated rings. The number of hydrogen-bond acceptors (Lipinski definition) is 0. The summed E-state index contributed by atoms with van der Waals surface area (Å²) in [6.07, 6.45) is 0. The fourth-order valence-electron chi connectivity index (χ4n) is 1.28. The number of halogens is 2. The van der Waals surface area contributed by atoms with Gasteiger partial charge in [0, 0.05) is 0 Å². The molecule has 0 spiro atoms. The molecule has 0 saturated carbocycles. The van der Waals surface area contributed by atoms with Crippen LogP contribution in [0.1, 0.15) is 0 Å². The van der Waals surface area contributed by atoms with Crippen LogP contribution in [0.3, 0.4) is 0 Å². The number of rotatable bonds is 0. The van der Waals surface area contributed by atoms with Crippen molar-refractivity contribution in [2.45, 2.75) is 0 Å². The van der Waals surface area contributed by atoms with Gasteiger partial charge in [-0.1, -0.05) is 0 Å². The van der Waals surface area contributed by atoms with E-state index < -0.39 is 17.0 Å². The predicted molar refractivity (Wildman–Crippen MR) is 99.8 cm³/mol. The molecule has 1 radical (unpaired) electrons. The third-order valence-electron chi connectivity index (χ3n) is 2.22.